The monoisotopic (exact) mass is 422 g/mol. The van der Waals surface area contributed by atoms with Crippen LogP contribution in [-0.4, -0.2) is 47.5 Å². The van der Waals surface area contributed by atoms with Crippen molar-refractivity contribution >= 4 is 39.5 Å². The Morgan fingerprint density at radius 3 is 2.96 bits per heavy atom. The molecular weight excluding hydrogens is 400 g/mol. The summed E-state index contributed by atoms with van der Waals surface area (Å²) >= 11 is 5.40. The Morgan fingerprint density at radius 2 is 2.20 bits per heavy atom. The molecule has 1 aromatic carbocycles. The Balaban J connectivity index is 1.76. The minimum atomic E-state index is -0.118. The van der Waals surface area contributed by atoms with Gasteiger partial charge < -0.3 is 9.80 Å². The fraction of sp³-hybridized carbons (Fsp3) is 0.474. The van der Waals surface area contributed by atoms with Gasteiger partial charge in [0.05, 0.1) is 12.0 Å². The van der Waals surface area contributed by atoms with Gasteiger partial charge in [0.15, 0.2) is 0 Å². The summed E-state index contributed by atoms with van der Waals surface area (Å²) in [6.07, 6.45) is 4.00. The third-order valence-corrected chi connectivity index (χ3v) is 6.67. The molecule has 0 radical (unpaired) electrons. The minimum absolute atomic E-state index is 0.0801. The molecule has 3 rings (SSSR count). The van der Waals surface area contributed by atoms with Crippen molar-refractivity contribution in [2.45, 2.75) is 30.2 Å². The molecule has 0 N–H and O–H groups in total. The number of hydrogen-bond donors (Lipinski definition) is 0. The number of nitrogens with zero attached hydrogens (tertiary/aromatic N) is 2. The molecule has 6 heteroatoms. The van der Waals surface area contributed by atoms with Crippen molar-refractivity contribution in [1.29, 1.82) is 0 Å². The molecule has 0 aliphatic carbocycles. The molecule has 2 heterocycles. The Bertz CT molecular complexity index is 694. The number of thioether (sulfide) groups is 1. The summed E-state index contributed by atoms with van der Waals surface area (Å²) < 4.78 is 1.04. The van der Waals surface area contributed by atoms with E-state index in [0.29, 0.717) is 13.1 Å². The number of carbonyl (C=O) groups is 2. The second-order valence-electron chi connectivity index (χ2n) is 6.61. The molecule has 1 fully saturated rings. The number of halogens is 1. The van der Waals surface area contributed by atoms with Crippen LogP contribution in [-0.2, 0) is 9.59 Å². The summed E-state index contributed by atoms with van der Waals surface area (Å²) in [5.41, 5.74) is 1.22. The van der Waals surface area contributed by atoms with Crippen LogP contribution in [0, 0.1) is 5.92 Å². The lowest BCUT2D eigenvalue weighted by Crippen LogP contribution is -2.46. The van der Waals surface area contributed by atoms with Crippen LogP contribution < -0.4 is 0 Å². The highest BCUT2D eigenvalue weighted by molar-refractivity contribution is 9.10. The lowest BCUT2D eigenvalue weighted by atomic mass is 9.94. The van der Waals surface area contributed by atoms with E-state index < -0.39 is 0 Å². The van der Waals surface area contributed by atoms with Gasteiger partial charge in [0.2, 0.25) is 11.8 Å². The van der Waals surface area contributed by atoms with Crippen molar-refractivity contribution in [3.05, 3.63) is 40.9 Å². The average Bonchev–Trinajstić information content (AvgIpc) is 2.65. The molecule has 2 aliphatic rings. The van der Waals surface area contributed by atoms with Crippen molar-refractivity contribution < 1.29 is 9.59 Å². The number of carbonyl (C=O) groups excluding carboxylic acids is 2. The Hall–Kier alpha value is -1.27. The highest BCUT2D eigenvalue weighted by atomic mass is 79.9. The van der Waals surface area contributed by atoms with Crippen LogP contribution >= 0.6 is 27.7 Å². The quantitative estimate of drug-likeness (QED) is 0.694. The molecule has 2 amide bonds. The van der Waals surface area contributed by atoms with Crippen molar-refractivity contribution in [3.8, 4) is 0 Å². The summed E-state index contributed by atoms with van der Waals surface area (Å²) in [7, 11) is 1.90. The zero-order valence-corrected chi connectivity index (χ0v) is 16.8. The van der Waals surface area contributed by atoms with Gasteiger partial charge in [-0.2, -0.15) is 0 Å². The zero-order valence-electron chi connectivity index (χ0n) is 14.4. The first-order valence-electron chi connectivity index (χ1n) is 8.61. The second-order valence-corrected chi connectivity index (χ2v) is 8.66. The fourth-order valence-electron chi connectivity index (χ4n) is 3.70. The van der Waals surface area contributed by atoms with Gasteiger partial charge in [-0.3, -0.25) is 9.59 Å². The zero-order chi connectivity index (χ0) is 18.0. The van der Waals surface area contributed by atoms with E-state index in [9.17, 15) is 9.59 Å². The summed E-state index contributed by atoms with van der Waals surface area (Å²) in [4.78, 5) is 29.9. The largest absolute Gasteiger partial charge is 0.338 e. The molecule has 2 unspecified atom stereocenters. The van der Waals surface area contributed by atoms with Crippen LogP contribution in [0.15, 0.2) is 40.2 Å². The number of likely N-dealkylation sites (tertiary alicyclic amines) is 1. The molecule has 2 aliphatic heterocycles. The van der Waals surface area contributed by atoms with Crippen LogP contribution in [0.3, 0.4) is 0 Å². The van der Waals surface area contributed by atoms with E-state index in [1.54, 1.807) is 4.90 Å². The maximum Gasteiger partial charge on any atom is 0.245 e. The SMILES string of the molecule is C=CC(=O)N1CCCC(C(=O)N(C)C2CCSc3ccc(Br)cc32)C1. The summed E-state index contributed by atoms with van der Waals surface area (Å²) in [6, 6.07) is 6.41. The van der Waals surface area contributed by atoms with Crippen molar-refractivity contribution in [3.63, 3.8) is 0 Å². The normalized spacial score (nSPS) is 22.9. The molecule has 0 saturated carbocycles. The molecule has 4 nitrogen and oxygen atoms in total. The van der Waals surface area contributed by atoms with Gasteiger partial charge in [0, 0.05) is 35.3 Å². The highest BCUT2D eigenvalue weighted by Crippen LogP contribution is 2.40. The van der Waals surface area contributed by atoms with Gasteiger partial charge in [-0.25, -0.2) is 0 Å². The summed E-state index contributed by atoms with van der Waals surface area (Å²) in [5.74, 6) is 0.962. The van der Waals surface area contributed by atoms with Gasteiger partial charge in [-0.1, -0.05) is 22.5 Å². The second kappa shape index (κ2) is 7.96. The number of piperidine rings is 1. The molecular formula is C19H23BrN2O2S. The van der Waals surface area contributed by atoms with E-state index in [1.807, 2.05) is 23.7 Å². The smallest absolute Gasteiger partial charge is 0.245 e. The van der Waals surface area contributed by atoms with Gasteiger partial charge in [-0.15, -0.1) is 11.8 Å². The number of amides is 2. The van der Waals surface area contributed by atoms with Crippen LogP contribution in [0.4, 0.5) is 0 Å². The Morgan fingerprint density at radius 1 is 1.40 bits per heavy atom. The average molecular weight is 423 g/mol. The lowest BCUT2D eigenvalue weighted by molar-refractivity contribution is -0.140. The minimum Gasteiger partial charge on any atom is -0.338 e. The maximum atomic E-state index is 13.1. The van der Waals surface area contributed by atoms with E-state index in [2.05, 4.69) is 40.7 Å². The predicted molar refractivity (Wildman–Crippen MR) is 104 cm³/mol. The lowest BCUT2D eigenvalue weighted by Gasteiger charge is -2.38. The first-order valence-corrected chi connectivity index (χ1v) is 10.4. The third kappa shape index (κ3) is 3.95. The predicted octanol–water partition coefficient (Wildman–Crippen LogP) is 3.87. The fourth-order valence-corrected chi connectivity index (χ4v) is 5.16. The van der Waals surface area contributed by atoms with Gasteiger partial charge in [-0.05, 0) is 49.1 Å². The van der Waals surface area contributed by atoms with E-state index in [1.165, 1.54) is 16.5 Å². The van der Waals surface area contributed by atoms with E-state index in [4.69, 9.17) is 0 Å². The molecule has 1 saturated heterocycles. The third-order valence-electron chi connectivity index (χ3n) is 5.05. The van der Waals surface area contributed by atoms with Gasteiger partial charge >= 0.3 is 0 Å². The van der Waals surface area contributed by atoms with Gasteiger partial charge in [0.1, 0.15) is 0 Å². The maximum absolute atomic E-state index is 13.1. The van der Waals surface area contributed by atoms with Crippen LogP contribution in [0.2, 0.25) is 0 Å². The number of fused-ring (bicyclic) bond motifs is 1. The molecule has 1 aromatic rings. The van der Waals surface area contributed by atoms with Crippen molar-refractivity contribution in [1.82, 2.24) is 9.80 Å². The van der Waals surface area contributed by atoms with Gasteiger partial charge in [0.25, 0.3) is 0 Å². The standard InChI is InChI=1S/C19H23BrN2O2S/c1-3-18(23)22-9-4-5-13(12-22)19(24)21(2)16-8-10-25-17-7-6-14(20)11-15(16)17/h3,6-7,11,13,16H,1,4-5,8-10,12H2,2H3. The van der Waals surface area contributed by atoms with Crippen LogP contribution in [0.5, 0.6) is 0 Å². The highest BCUT2D eigenvalue weighted by Gasteiger charge is 2.34. The van der Waals surface area contributed by atoms with E-state index >= 15 is 0 Å². The summed E-state index contributed by atoms with van der Waals surface area (Å²) in [5, 5.41) is 0. The van der Waals surface area contributed by atoms with E-state index in [0.717, 1.165) is 29.5 Å². The Labute approximate surface area is 161 Å². The molecule has 134 valence electrons. The molecule has 25 heavy (non-hydrogen) atoms. The first kappa shape index (κ1) is 18.5. The van der Waals surface area contributed by atoms with Crippen molar-refractivity contribution in [2.24, 2.45) is 5.92 Å². The van der Waals surface area contributed by atoms with Crippen molar-refractivity contribution in [2.75, 3.05) is 25.9 Å². The molecule has 2 atom stereocenters. The topological polar surface area (TPSA) is 40.6 Å². The van der Waals surface area contributed by atoms with Crippen LogP contribution in [0.25, 0.3) is 0 Å². The van der Waals surface area contributed by atoms with Crippen LogP contribution in [0.1, 0.15) is 30.9 Å². The first-order chi connectivity index (χ1) is 12.0. The number of hydrogen-bond acceptors (Lipinski definition) is 3. The molecule has 0 spiro atoms. The summed E-state index contributed by atoms with van der Waals surface area (Å²) in [6.45, 7) is 4.77. The number of rotatable bonds is 3. The number of benzene rings is 1. The molecule has 0 aromatic heterocycles. The molecule has 0 bridgehead atoms. The Kier molecular flexibility index (Phi) is 5.89. The van der Waals surface area contributed by atoms with E-state index in [-0.39, 0.29) is 23.8 Å².